The van der Waals surface area contributed by atoms with E-state index in [0.717, 1.165) is 6.54 Å². The molecule has 1 rings (SSSR count). The number of hydrogen-bond donors (Lipinski definition) is 0. The van der Waals surface area contributed by atoms with Gasteiger partial charge in [0.25, 0.3) is 11.6 Å². The Morgan fingerprint density at radius 3 is 2.52 bits per heavy atom. The molecule has 0 radical (unpaired) electrons. The summed E-state index contributed by atoms with van der Waals surface area (Å²) >= 11 is 3.30. The van der Waals surface area contributed by atoms with Crippen molar-refractivity contribution in [2.24, 2.45) is 0 Å². The van der Waals surface area contributed by atoms with Crippen molar-refractivity contribution in [3.8, 4) is 0 Å². The summed E-state index contributed by atoms with van der Waals surface area (Å²) in [5, 5.41) is 10.9. The standard InChI is InChI=1S/C14H20BrN3O3/c1-5-17(10(2)9-16(3)4)14(19)12-8-11(18(20)21)6-7-13(12)15/h6-8,10H,5,9H2,1-4H3. The number of carbonyl (C=O) groups is 1. The van der Waals surface area contributed by atoms with E-state index in [1.807, 2.05) is 32.8 Å². The van der Waals surface area contributed by atoms with Gasteiger partial charge in [-0.1, -0.05) is 0 Å². The number of carbonyl (C=O) groups excluding carboxylic acids is 1. The largest absolute Gasteiger partial charge is 0.335 e. The Bertz CT molecular complexity index is 534. The molecule has 1 unspecified atom stereocenters. The molecular formula is C14H20BrN3O3. The number of hydrogen-bond acceptors (Lipinski definition) is 4. The molecule has 21 heavy (non-hydrogen) atoms. The van der Waals surface area contributed by atoms with E-state index in [1.54, 1.807) is 4.90 Å². The quantitative estimate of drug-likeness (QED) is 0.579. The Labute approximate surface area is 133 Å². The predicted octanol–water partition coefficient (Wildman–Crippen LogP) is 2.77. The third-order valence-electron chi connectivity index (χ3n) is 3.15. The molecule has 0 spiro atoms. The molecule has 6 nitrogen and oxygen atoms in total. The summed E-state index contributed by atoms with van der Waals surface area (Å²) < 4.78 is 0.564. The second kappa shape index (κ2) is 7.51. The molecule has 0 aliphatic carbocycles. The number of amides is 1. The second-order valence-corrected chi connectivity index (χ2v) is 5.98. The van der Waals surface area contributed by atoms with Gasteiger partial charge in [-0.3, -0.25) is 14.9 Å². The van der Waals surface area contributed by atoms with Crippen LogP contribution in [0.5, 0.6) is 0 Å². The minimum absolute atomic E-state index is 0.0173. The predicted molar refractivity (Wildman–Crippen MR) is 85.5 cm³/mol. The van der Waals surface area contributed by atoms with Gasteiger partial charge in [-0.15, -0.1) is 0 Å². The highest BCUT2D eigenvalue weighted by Crippen LogP contribution is 2.24. The summed E-state index contributed by atoms with van der Waals surface area (Å²) in [6.07, 6.45) is 0. The maximum absolute atomic E-state index is 12.6. The van der Waals surface area contributed by atoms with Gasteiger partial charge >= 0.3 is 0 Å². The first-order valence-corrected chi connectivity index (χ1v) is 7.46. The van der Waals surface area contributed by atoms with Gasteiger partial charge in [0.2, 0.25) is 0 Å². The number of benzene rings is 1. The summed E-state index contributed by atoms with van der Waals surface area (Å²) in [4.78, 5) is 26.7. The van der Waals surface area contributed by atoms with Crippen LogP contribution in [0, 0.1) is 10.1 Å². The fourth-order valence-electron chi connectivity index (χ4n) is 2.23. The van der Waals surface area contributed by atoms with Gasteiger partial charge in [0.1, 0.15) is 0 Å². The van der Waals surface area contributed by atoms with Crippen LogP contribution in [0.1, 0.15) is 24.2 Å². The average molecular weight is 358 g/mol. The summed E-state index contributed by atoms with van der Waals surface area (Å²) in [5.74, 6) is -0.206. The number of nitrogens with zero attached hydrogens (tertiary/aromatic N) is 3. The van der Waals surface area contributed by atoms with Crippen LogP contribution in [0.2, 0.25) is 0 Å². The van der Waals surface area contributed by atoms with Crippen molar-refractivity contribution in [1.29, 1.82) is 0 Å². The molecule has 0 aliphatic rings. The Morgan fingerprint density at radius 2 is 2.05 bits per heavy atom. The van der Waals surface area contributed by atoms with Gasteiger partial charge in [0.05, 0.1) is 10.5 Å². The summed E-state index contributed by atoms with van der Waals surface area (Å²) in [6, 6.07) is 4.25. The molecule has 0 saturated carbocycles. The first kappa shape index (κ1) is 17.6. The maximum Gasteiger partial charge on any atom is 0.270 e. The Balaban J connectivity index is 3.10. The summed E-state index contributed by atoms with van der Waals surface area (Å²) in [7, 11) is 3.89. The molecule has 0 saturated heterocycles. The fourth-order valence-corrected chi connectivity index (χ4v) is 2.64. The first-order chi connectivity index (χ1) is 9.77. The zero-order chi connectivity index (χ0) is 16.2. The van der Waals surface area contributed by atoms with Crippen LogP contribution in [-0.2, 0) is 0 Å². The highest BCUT2D eigenvalue weighted by atomic mass is 79.9. The lowest BCUT2D eigenvalue weighted by molar-refractivity contribution is -0.384. The van der Waals surface area contributed by atoms with Crippen molar-refractivity contribution in [3.05, 3.63) is 38.3 Å². The highest BCUT2D eigenvalue weighted by Gasteiger charge is 2.24. The molecular weight excluding hydrogens is 338 g/mol. The molecule has 1 atom stereocenters. The molecule has 0 N–H and O–H groups in total. The minimum Gasteiger partial charge on any atom is -0.335 e. The van der Waals surface area contributed by atoms with E-state index < -0.39 is 4.92 Å². The van der Waals surface area contributed by atoms with E-state index in [4.69, 9.17) is 0 Å². The molecule has 0 aromatic heterocycles. The SMILES string of the molecule is CCN(C(=O)c1cc([N+](=O)[O-])ccc1Br)C(C)CN(C)C. The normalized spacial score (nSPS) is 12.3. The number of rotatable bonds is 6. The molecule has 1 aromatic carbocycles. The van der Waals surface area contributed by atoms with E-state index in [0.29, 0.717) is 16.6 Å². The monoisotopic (exact) mass is 357 g/mol. The maximum atomic E-state index is 12.6. The van der Waals surface area contributed by atoms with Gasteiger partial charge in [-0.25, -0.2) is 0 Å². The zero-order valence-electron chi connectivity index (χ0n) is 12.7. The number of non-ortho nitro benzene ring substituents is 1. The van der Waals surface area contributed by atoms with Crippen LogP contribution in [0.25, 0.3) is 0 Å². The topological polar surface area (TPSA) is 66.7 Å². The van der Waals surface area contributed by atoms with E-state index in [9.17, 15) is 14.9 Å². The van der Waals surface area contributed by atoms with E-state index >= 15 is 0 Å². The lowest BCUT2D eigenvalue weighted by Crippen LogP contribution is -2.43. The van der Waals surface area contributed by atoms with Gasteiger partial charge in [0.15, 0.2) is 0 Å². The van der Waals surface area contributed by atoms with Crippen molar-refractivity contribution in [1.82, 2.24) is 9.80 Å². The van der Waals surface area contributed by atoms with E-state index in [2.05, 4.69) is 15.9 Å². The van der Waals surface area contributed by atoms with Crippen LogP contribution in [-0.4, -0.2) is 53.9 Å². The molecule has 0 aliphatic heterocycles. The lowest BCUT2D eigenvalue weighted by Gasteiger charge is -2.30. The van der Waals surface area contributed by atoms with Crippen molar-refractivity contribution in [3.63, 3.8) is 0 Å². The highest BCUT2D eigenvalue weighted by molar-refractivity contribution is 9.10. The number of nitro groups is 1. The van der Waals surface area contributed by atoms with Gasteiger partial charge in [-0.05, 0) is 49.9 Å². The number of likely N-dealkylation sites (N-methyl/N-ethyl adjacent to an activating group) is 2. The van der Waals surface area contributed by atoms with E-state index in [-0.39, 0.29) is 17.6 Å². The molecule has 0 heterocycles. The molecule has 0 bridgehead atoms. The molecule has 116 valence electrons. The third-order valence-corrected chi connectivity index (χ3v) is 3.85. The van der Waals surface area contributed by atoms with Crippen LogP contribution in [0.4, 0.5) is 5.69 Å². The van der Waals surface area contributed by atoms with Crippen molar-refractivity contribution >= 4 is 27.5 Å². The molecule has 0 fully saturated rings. The smallest absolute Gasteiger partial charge is 0.270 e. The summed E-state index contributed by atoms with van der Waals surface area (Å²) in [6.45, 7) is 5.14. The Morgan fingerprint density at radius 1 is 1.43 bits per heavy atom. The number of halogens is 1. The molecule has 7 heteroatoms. The molecule has 1 aromatic rings. The van der Waals surface area contributed by atoms with Crippen LogP contribution < -0.4 is 0 Å². The summed E-state index contributed by atoms with van der Waals surface area (Å²) in [5.41, 5.74) is 0.231. The van der Waals surface area contributed by atoms with E-state index in [1.165, 1.54) is 18.2 Å². The second-order valence-electron chi connectivity index (χ2n) is 5.12. The lowest BCUT2D eigenvalue weighted by atomic mass is 10.1. The Kier molecular flexibility index (Phi) is 6.29. The zero-order valence-corrected chi connectivity index (χ0v) is 14.3. The minimum atomic E-state index is -0.497. The van der Waals surface area contributed by atoms with Crippen LogP contribution >= 0.6 is 15.9 Å². The third kappa shape index (κ3) is 4.50. The van der Waals surface area contributed by atoms with Crippen molar-refractivity contribution in [2.45, 2.75) is 19.9 Å². The Hall–Kier alpha value is -1.47. The van der Waals surface area contributed by atoms with Gasteiger partial charge in [-0.2, -0.15) is 0 Å². The van der Waals surface area contributed by atoms with Crippen LogP contribution in [0.3, 0.4) is 0 Å². The van der Waals surface area contributed by atoms with Gasteiger partial charge < -0.3 is 9.80 Å². The van der Waals surface area contributed by atoms with Crippen molar-refractivity contribution in [2.75, 3.05) is 27.2 Å². The van der Waals surface area contributed by atoms with Crippen LogP contribution in [0.15, 0.2) is 22.7 Å². The average Bonchev–Trinajstić information content (AvgIpc) is 2.38. The molecule has 1 amide bonds. The van der Waals surface area contributed by atoms with Crippen molar-refractivity contribution < 1.29 is 9.72 Å². The first-order valence-electron chi connectivity index (χ1n) is 6.67. The fraction of sp³-hybridized carbons (Fsp3) is 0.500. The number of nitro benzene ring substituents is 1. The van der Waals surface area contributed by atoms with Gasteiger partial charge in [0, 0.05) is 35.7 Å².